The lowest BCUT2D eigenvalue weighted by Gasteiger charge is -2.06. The van der Waals surface area contributed by atoms with Crippen LogP contribution in [0.1, 0.15) is 5.56 Å². The van der Waals surface area contributed by atoms with Gasteiger partial charge in [-0.15, -0.1) is 0 Å². The quantitative estimate of drug-likeness (QED) is 0.542. The number of aromatic nitrogens is 1. The molecule has 0 bridgehead atoms. The van der Waals surface area contributed by atoms with Crippen molar-refractivity contribution in [2.24, 2.45) is 0 Å². The summed E-state index contributed by atoms with van der Waals surface area (Å²) in [5.41, 5.74) is 0.704. The molecule has 0 aliphatic carbocycles. The summed E-state index contributed by atoms with van der Waals surface area (Å²) in [4.78, 5) is 9.82. The first-order chi connectivity index (χ1) is 10.1. The monoisotopic (exact) mass is 288 g/mol. The number of hydrogen-bond donors (Lipinski definition) is 0. The van der Waals surface area contributed by atoms with Crippen molar-refractivity contribution in [1.82, 2.24) is 4.57 Å². The molecule has 0 atom stereocenters. The summed E-state index contributed by atoms with van der Waals surface area (Å²) >= 11 is 0. The summed E-state index contributed by atoms with van der Waals surface area (Å²) < 4.78 is 29.0. The van der Waals surface area contributed by atoms with Crippen LogP contribution < -0.4 is 0 Å². The van der Waals surface area contributed by atoms with Crippen LogP contribution in [0, 0.1) is 21.7 Å². The highest BCUT2D eigenvalue weighted by Gasteiger charge is 2.14. The van der Waals surface area contributed by atoms with Crippen molar-refractivity contribution in [2.45, 2.75) is 6.54 Å². The largest absolute Gasteiger partial charge is 0.343 e. The molecule has 21 heavy (non-hydrogen) atoms. The molecular formula is C15H10F2N2O2. The summed E-state index contributed by atoms with van der Waals surface area (Å²) in [5.74, 6) is -1.19. The van der Waals surface area contributed by atoms with Gasteiger partial charge >= 0.3 is 5.69 Å². The fourth-order valence-corrected chi connectivity index (χ4v) is 2.32. The van der Waals surface area contributed by atoms with Gasteiger partial charge in [0.15, 0.2) is 0 Å². The topological polar surface area (TPSA) is 48.1 Å². The van der Waals surface area contributed by atoms with E-state index in [4.69, 9.17) is 0 Å². The molecule has 0 amide bonds. The van der Waals surface area contributed by atoms with Gasteiger partial charge in [0.25, 0.3) is 0 Å². The number of benzene rings is 2. The van der Waals surface area contributed by atoms with E-state index in [0.29, 0.717) is 23.0 Å². The molecule has 0 unspecified atom stereocenters. The smallest absolute Gasteiger partial charge is 0.304 e. The molecule has 0 N–H and O–H groups in total. The highest BCUT2D eigenvalue weighted by Crippen LogP contribution is 2.22. The van der Waals surface area contributed by atoms with E-state index >= 15 is 0 Å². The Bertz CT molecular complexity index is 843. The van der Waals surface area contributed by atoms with Gasteiger partial charge in [-0.3, -0.25) is 10.1 Å². The average Bonchev–Trinajstić information content (AvgIpc) is 2.83. The Morgan fingerprint density at radius 3 is 2.62 bits per heavy atom. The minimum Gasteiger partial charge on any atom is -0.343 e. The Morgan fingerprint density at radius 2 is 1.90 bits per heavy atom. The molecule has 0 aliphatic rings. The van der Waals surface area contributed by atoms with Crippen LogP contribution in [0.3, 0.4) is 0 Å². The average molecular weight is 288 g/mol. The normalized spacial score (nSPS) is 11.0. The molecule has 2 aromatic carbocycles. The van der Waals surface area contributed by atoms with Gasteiger partial charge in [-0.05, 0) is 29.8 Å². The number of fused-ring (bicyclic) bond motifs is 1. The number of hydrogen-bond acceptors (Lipinski definition) is 2. The predicted molar refractivity (Wildman–Crippen MR) is 74.1 cm³/mol. The SMILES string of the molecule is O=[N+]([O-])c1ccc(Cn2ccc3c(F)cccc32)cc1F. The van der Waals surface area contributed by atoms with Crippen LogP contribution in [-0.4, -0.2) is 9.49 Å². The van der Waals surface area contributed by atoms with Gasteiger partial charge < -0.3 is 4.57 Å². The maximum absolute atomic E-state index is 13.6. The first-order valence-corrected chi connectivity index (χ1v) is 6.22. The second-order valence-electron chi connectivity index (χ2n) is 4.66. The van der Waals surface area contributed by atoms with Gasteiger partial charge in [-0.2, -0.15) is 4.39 Å². The Balaban J connectivity index is 1.97. The van der Waals surface area contributed by atoms with Crippen LogP contribution in [0.2, 0.25) is 0 Å². The maximum Gasteiger partial charge on any atom is 0.304 e. The number of nitro groups is 1. The van der Waals surface area contributed by atoms with Crippen LogP contribution in [0.4, 0.5) is 14.5 Å². The van der Waals surface area contributed by atoms with Crippen LogP contribution >= 0.6 is 0 Å². The van der Waals surface area contributed by atoms with Gasteiger partial charge in [0, 0.05) is 24.2 Å². The predicted octanol–water partition coefficient (Wildman–Crippen LogP) is 3.88. The molecule has 1 aromatic heterocycles. The molecule has 0 fully saturated rings. The molecule has 0 aliphatic heterocycles. The van der Waals surface area contributed by atoms with Crippen molar-refractivity contribution in [3.8, 4) is 0 Å². The van der Waals surface area contributed by atoms with E-state index in [2.05, 4.69) is 0 Å². The summed E-state index contributed by atoms with van der Waals surface area (Å²) in [6, 6.07) is 10.1. The van der Waals surface area contributed by atoms with Crippen molar-refractivity contribution in [2.75, 3.05) is 0 Å². The zero-order valence-corrected chi connectivity index (χ0v) is 10.8. The zero-order chi connectivity index (χ0) is 15.0. The third-order valence-electron chi connectivity index (χ3n) is 3.32. The number of nitro benzene ring substituents is 1. The number of nitrogens with zero attached hydrogens (tertiary/aromatic N) is 2. The van der Waals surface area contributed by atoms with E-state index in [1.54, 1.807) is 29.0 Å². The molecule has 1 heterocycles. The third kappa shape index (κ3) is 2.35. The van der Waals surface area contributed by atoms with Gasteiger partial charge in [-0.25, -0.2) is 4.39 Å². The Morgan fingerprint density at radius 1 is 1.10 bits per heavy atom. The Labute approximate surface area is 118 Å². The fourth-order valence-electron chi connectivity index (χ4n) is 2.32. The molecule has 0 saturated carbocycles. The molecule has 0 radical (unpaired) electrons. The fraction of sp³-hybridized carbons (Fsp3) is 0.0667. The van der Waals surface area contributed by atoms with Crippen LogP contribution in [0.5, 0.6) is 0 Å². The lowest BCUT2D eigenvalue weighted by atomic mass is 10.2. The summed E-state index contributed by atoms with van der Waals surface area (Å²) in [5, 5.41) is 11.1. The van der Waals surface area contributed by atoms with Gasteiger partial charge in [0.2, 0.25) is 5.82 Å². The first kappa shape index (κ1) is 13.2. The Kier molecular flexibility index (Phi) is 3.13. The third-order valence-corrected chi connectivity index (χ3v) is 3.32. The molecule has 6 heteroatoms. The molecule has 0 saturated heterocycles. The highest BCUT2D eigenvalue weighted by molar-refractivity contribution is 5.80. The van der Waals surface area contributed by atoms with E-state index in [1.807, 2.05) is 0 Å². The number of halogens is 2. The van der Waals surface area contributed by atoms with Gasteiger partial charge in [0.05, 0.1) is 10.4 Å². The standard InChI is InChI=1S/C15H10F2N2O2/c16-12-2-1-3-14-11(12)6-7-18(14)9-10-4-5-15(19(20)21)13(17)8-10/h1-8H,9H2. The maximum atomic E-state index is 13.6. The van der Waals surface area contributed by atoms with Crippen molar-refractivity contribution in [3.05, 3.63) is 76.0 Å². The summed E-state index contributed by atoms with van der Waals surface area (Å²) in [7, 11) is 0. The summed E-state index contributed by atoms with van der Waals surface area (Å²) in [6.07, 6.45) is 1.70. The second kappa shape index (κ2) is 4.97. The van der Waals surface area contributed by atoms with Crippen molar-refractivity contribution >= 4 is 16.6 Å². The zero-order valence-electron chi connectivity index (χ0n) is 10.8. The minimum absolute atomic E-state index is 0.307. The molecule has 106 valence electrons. The van der Waals surface area contributed by atoms with Gasteiger partial charge in [-0.1, -0.05) is 12.1 Å². The van der Waals surface area contributed by atoms with Crippen molar-refractivity contribution in [1.29, 1.82) is 0 Å². The van der Waals surface area contributed by atoms with Crippen LogP contribution in [0.15, 0.2) is 48.7 Å². The minimum atomic E-state index is -0.875. The van der Waals surface area contributed by atoms with Crippen LogP contribution in [-0.2, 0) is 6.54 Å². The molecule has 0 spiro atoms. The number of rotatable bonds is 3. The van der Waals surface area contributed by atoms with E-state index < -0.39 is 16.4 Å². The van der Waals surface area contributed by atoms with E-state index in [-0.39, 0.29) is 5.82 Å². The van der Waals surface area contributed by atoms with Crippen molar-refractivity contribution < 1.29 is 13.7 Å². The summed E-state index contributed by atoms with van der Waals surface area (Å²) in [6.45, 7) is 0.307. The van der Waals surface area contributed by atoms with E-state index in [0.717, 1.165) is 12.1 Å². The lowest BCUT2D eigenvalue weighted by Crippen LogP contribution is -2.00. The van der Waals surface area contributed by atoms with E-state index in [1.165, 1.54) is 12.1 Å². The van der Waals surface area contributed by atoms with E-state index in [9.17, 15) is 18.9 Å². The molecule has 4 nitrogen and oxygen atoms in total. The lowest BCUT2D eigenvalue weighted by molar-refractivity contribution is -0.387. The van der Waals surface area contributed by atoms with Gasteiger partial charge in [0.1, 0.15) is 5.82 Å². The van der Waals surface area contributed by atoms with Crippen LogP contribution in [0.25, 0.3) is 10.9 Å². The second-order valence-corrected chi connectivity index (χ2v) is 4.66. The molecular weight excluding hydrogens is 278 g/mol. The highest BCUT2D eigenvalue weighted by atomic mass is 19.1. The van der Waals surface area contributed by atoms with Crippen molar-refractivity contribution in [3.63, 3.8) is 0 Å². The molecule has 3 aromatic rings. The molecule has 3 rings (SSSR count). The first-order valence-electron chi connectivity index (χ1n) is 6.22. The Hall–Kier alpha value is -2.76.